The van der Waals surface area contributed by atoms with Gasteiger partial charge in [-0.2, -0.15) is 0 Å². The van der Waals surface area contributed by atoms with Gasteiger partial charge in [0.05, 0.1) is 23.4 Å². The first kappa shape index (κ1) is 19.7. The zero-order valence-corrected chi connectivity index (χ0v) is 16.7. The van der Waals surface area contributed by atoms with Crippen molar-refractivity contribution in [2.45, 2.75) is 13.3 Å². The lowest BCUT2D eigenvalue weighted by Crippen LogP contribution is -2.23. The molecule has 0 atom stereocenters. The second-order valence-corrected chi connectivity index (χ2v) is 6.79. The molecule has 2 heterocycles. The molecule has 0 radical (unpaired) electrons. The molecule has 0 aliphatic rings. The molecule has 4 aromatic rings. The number of nitrogens with zero attached hydrogens (tertiary/aromatic N) is 3. The highest BCUT2D eigenvalue weighted by atomic mass is 35.5. The first-order chi connectivity index (χ1) is 14.6. The fourth-order valence-corrected chi connectivity index (χ4v) is 2.96. The van der Waals surface area contributed by atoms with Gasteiger partial charge in [0.1, 0.15) is 11.4 Å². The van der Waals surface area contributed by atoms with Crippen LogP contribution in [0.15, 0.2) is 63.9 Å². The molecule has 0 aliphatic heterocycles. The van der Waals surface area contributed by atoms with Crippen molar-refractivity contribution < 1.29 is 13.9 Å². The molecule has 4 rings (SSSR count). The molecule has 0 saturated carbocycles. The number of hydrogen-bond donors (Lipinski definition) is 1. The number of nitrogens with one attached hydrogen (secondary N) is 1. The van der Waals surface area contributed by atoms with E-state index < -0.39 is 11.5 Å². The van der Waals surface area contributed by atoms with E-state index in [9.17, 15) is 9.59 Å². The number of amides is 1. The molecule has 30 heavy (non-hydrogen) atoms. The van der Waals surface area contributed by atoms with Crippen LogP contribution in [0.1, 0.15) is 23.7 Å². The van der Waals surface area contributed by atoms with Crippen molar-refractivity contribution >= 4 is 29.0 Å². The average molecular weight is 425 g/mol. The molecule has 0 spiro atoms. The van der Waals surface area contributed by atoms with Crippen LogP contribution in [-0.2, 0) is 0 Å². The molecule has 9 heteroatoms. The number of anilines is 1. The van der Waals surface area contributed by atoms with Gasteiger partial charge in [-0.1, -0.05) is 30.7 Å². The number of aromatic nitrogens is 3. The monoisotopic (exact) mass is 424 g/mol. The second-order valence-electron chi connectivity index (χ2n) is 6.39. The maximum atomic E-state index is 12.7. The first-order valence-corrected chi connectivity index (χ1v) is 9.62. The third-order valence-electron chi connectivity index (χ3n) is 4.23. The fraction of sp³-hybridized carbons (Fsp3) is 0.143. The van der Waals surface area contributed by atoms with Gasteiger partial charge in [0.2, 0.25) is 5.89 Å². The molecular weight excluding hydrogens is 408 g/mol. The number of halogens is 1. The average Bonchev–Trinajstić information content (AvgIpc) is 3.20. The summed E-state index contributed by atoms with van der Waals surface area (Å²) >= 11 is 6.03. The molecule has 0 unspecified atom stereocenters. The van der Waals surface area contributed by atoms with Crippen molar-refractivity contribution in [1.82, 2.24) is 14.6 Å². The Morgan fingerprint density at radius 1 is 1.20 bits per heavy atom. The van der Waals surface area contributed by atoms with Gasteiger partial charge in [0.25, 0.3) is 5.91 Å². The van der Waals surface area contributed by atoms with Crippen LogP contribution < -0.4 is 15.6 Å². The SMILES string of the molecule is CCCOc1ccc(-c2nn3c(=O)c(NC(=O)c4ccccc4Cl)cnc3o2)cc1. The summed E-state index contributed by atoms with van der Waals surface area (Å²) in [7, 11) is 0. The lowest BCUT2D eigenvalue weighted by molar-refractivity contribution is 0.102. The number of carbonyl (C=O) groups excluding carboxylic acids is 1. The zero-order valence-electron chi connectivity index (χ0n) is 16.0. The number of hydrogen-bond acceptors (Lipinski definition) is 6. The summed E-state index contributed by atoms with van der Waals surface area (Å²) in [5.41, 5.74) is 0.291. The van der Waals surface area contributed by atoms with Gasteiger partial charge in [-0.05, 0) is 42.8 Å². The van der Waals surface area contributed by atoms with Gasteiger partial charge < -0.3 is 14.5 Å². The maximum Gasteiger partial charge on any atom is 0.328 e. The molecule has 2 aromatic heterocycles. The summed E-state index contributed by atoms with van der Waals surface area (Å²) in [4.78, 5) is 29.2. The van der Waals surface area contributed by atoms with Crippen molar-refractivity contribution in [3.05, 3.63) is 75.7 Å². The van der Waals surface area contributed by atoms with Crippen molar-refractivity contribution in [3.8, 4) is 17.2 Å². The highest BCUT2D eigenvalue weighted by molar-refractivity contribution is 6.34. The van der Waals surface area contributed by atoms with Crippen LogP contribution in [0.2, 0.25) is 5.02 Å². The molecule has 1 N–H and O–H groups in total. The minimum Gasteiger partial charge on any atom is -0.494 e. The van der Waals surface area contributed by atoms with Crippen LogP contribution in [0.25, 0.3) is 17.3 Å². The Hall–Kier alpha value is -3.65. The fourth-order valence-electron chi connectivity index (χ4n) is 2.74. The summed E-state index contributed by atoms with van der Waals surface area (Å²) in [6, 6.07) is 13.7. The molecule has 8 nitrogen and oxygen atoms in total. The molecule has 0 aliphatic carbocycles. The standard InChI is InChI=1S/C21H17ClN4O4/c1-2-11-29-14-9-7-13(8-10-14)19-25-26-20(28)17(12-23-21(26)30-19)24-18(27)15-5-3-4-6-16(15)22/h3-10,12H,2,11H2,1H3,(H,24,27). The molecule has 0 fully saturated rings. The summed E-state index contributed by atoms with van der Waals surface area (Å²) in [5, 5.41) is 6.98. The second kappa shape index (κ2) is 8.38. The highest BCUT2D eigenvalue weighted by Gasteiger charge is 2.16. The first-order valence-electron chi connectivity index (χ1n) is 9.25. The minimum atomic E-state index is -0.571. The lowest BCUT2D eigenvalue weighted by Gasteiger charge is -2.05. The van der Waals surface area contributed by atoms with E-state index >= 15 is 0 Å². The molecule has 2 aromatic carbocycles. The van der Waals surface area contributed by atoms with E-state index in [0.717, 1.165) is 16.7 Å². The van der Waals surface area contributed by atoms with Crippen molar-refractivity contribution in [2.75, 3.05) is 11.9 Å². The van der Waals surface area contributed by atoms with Crippen LogP contribution in [0.5, 0.6) is 5.75 Å². The van der Waals surface area contributed by atoms with E-state index in [1.54, 1.807) is 48.5 Å². The van der Waals surface area contributed by atoms with E-state index in [1.807, 2.05) is 6.92 Å². The smallest absolute Gasteiger partial charge is 0.328 e. The topological polar surface area (TPSA) is 98.7 Å². The largest absolute Gasteiger partial charge is 0.494 e. The Balaban J connectivity index is 1.61. The van der Waals surface area contributed by atoms with Crippen LogP contribution in [0.4, 0.5) is 5.69 Å². The van der Waals surface area contributed by atoms with E-state index in [2.05, 4.69) is 15.4 Å². The third kappa shape index (κ3) is 3.90. The van der Waals surface area contributed by atoms with Crippen molar-refractivity contribution in [1.29, 1.82) is 0 Å². The number of ether oxygens (including phenoxy) is 1. The van der Waals surface area contributed by atoms with Gasteiger partial charge in [-0.15, -0.1) is 9.61 Å². The highest BCUT2D eigenvalue weighted by Crippen LogP contribution is 2.22. The normalized spacial score (nSPS) is 10.9. The summed E-state index contributed by atoms with van der Waals surface area (Å²) in [5.74, 6) is 0.440. The van der Waals surface area contributed by atoms with Crippen molar-refractivity contribution in [3.63, 3.8) is 0 Å². The van der Waals surface area contributed by atoms with Crippen molar-refractivity contribution in [2.24, 2.45) is 0 Å². The number of rotatable bonds is 6. The Kier molecular flexibility index (Phi) is 5.49. The lowest BCUT2D eigenvalue weighted by atomic mass is 10.2. The number of benzene rings is 2. The van der Waals surface area contributed by atoms with E-state index in [4.69, 9.17) is 20.8 Å². The minimum absolute atomic E-state index is 0.0112. The van der Waals surface area contributed by atoms with Gasteiger partial charge in [0, 0.05) is 5.56 Å². The Labute approximate surface area is 176 Å². The Bertz CT molecular complexity index is 1260. The molecule has 0 saturated heterocycles. The molecule has 152 valence electrons. The van der Waals surface area contributed by atoms with Gasteiger partial charge >= 0.3 is 11.4 Å². The number of carbonyl (C=O) groups is 1. The van der Waals surface area contributed by atoms with Crippen LogP contribution in [0.3, 0.4) is 0 Å². The third-order valence-corrected chi connectivity index (χ3v) is 4.56. The zero-order chi connectivity index (χ0) is 21.1. The summed E-state index contributed by atoms with van der Waals surface area (Å²) in [6.07, 6.45) is 2.14. The van der Waals surface area contributed by atoms with Gasteiger partial charge in [-0.3, -0.25) is 9.59 Å². The van der Waals surface area contributed by atoms with Crippen LogP contribution in [0, 0.1) is 0 Å². The van der Waals surface area contributed by atoms with E-state index in [0.29, 0.717) is 12.2 Å². The molecule has 1 amide bonds. The van der Waals surface area contributed by atoms with Gasteiger partial charge in [-0.25, -0.2) is 4.98 Å². The quantitative estimate of drug-likeness (QED) is 0.501. The summed E-state index contributed by atoms with van der Waals surface area (Å²) < 4.78 is 12.1. The predicted octanol–water partition coefficient (Wildman–Crippen LogP) is 4.04. The molecular formula is C21H17ClN4O4. The van der Waals surface area contributed by atoms with Crippen LogP contribution >= 0.6 is 11.6 Å². The maximum absolute atomic E-state index is 12.7. The van der Waals surface area contributed by atoms with E-state index in [1.165, 1.54) is 6.20 Å². The van der Waals surface area contributed by atoms with Crippen LogP contribution in [-0.4, -0.2) is 27.1 Å². The Morgan fingerprint density at radius 3 is 2.70 bits per heavy atom. The van der Waals surface area contributed by atoms with Gasteiger partial charge in [0.15, 0.2) is 0 Å². The molecule has 0 bridgehead atoms. The Morgan fingerprint density at radius 2 is 1.97 bits per heavy atom. The predicted molar refractivity (Wildman–Crippen MR) is 112 cm³/mol. The van der Waals surface area contributed by atoms with E-state index in [-0.39, 0.29) is 28.0 Å². The number of fused-ring (bicyclic) bond motifs is 1. The summed E-state index contributed by atoms with van der Waals surface area (Å²) in [6.45, 7) is 2.66.